The Morgan fingerprint density at radius 2 is 2.00 bits per heavy atom. The van der Waals surface area contributed by atoms with Gasteiger partial charge in [-0.3, -0.25) is 10.1 Å². The summed E-state index contributed by atoms with van der Waals surface area (Å²) in [5, 5.41) is 22.8. The summed E-state index contributed by atoms with van der Waals surface area (Å²) in [6.07, 6.45) is -3.57. The van der Waals surface area contributed by atoms with Crippen molar-refractivity contribution >= 4 is 34.5 Å². The molecule has 0 aliphatic carbocycles. The fraction of sp³-hybridized carbons (Fsp3) is 0.188. The Balaban J connectivity index is 2.54. The van der Waals surface area contributed by atoms with E-state index in [0.717, 1.165) is 12.3 Å². The summed E-state index contributed by atoms with van der Waals surface area (Å²) in [5.74, 6) is -0.0839. The number of nitrogens with zero attached hydrogens (tertiary/aromatic N) is 2. The molecule has 0 saturated carbocycles. The van der Waals surface area contributed by atoms with Gasteiger partial charge in [0.1, 0.15) is 0 Å². The third-order valence-electron chi connectivity index (χ3n) is 3.23. The lowest BCUT2D eigenvalue weighted by Gasteiger charge is -2.15. The molecule has 0 fully saturated rings. The molecule has 0 unspecified atom stereocenters. The number of ether oxygens (including phenoxy) is 2. The highest BCUT2D eigenvalue weighted by molar-refractivity contribution is 14.1. The second kappa shape index (κ2) is 8.41. The number of hydrogen-bond acceptors (Lipinski definition) is 6. The molecular weight excluding hydrogens is 484 g/mol. The summed E-state index contributed by atoms with van der Waals surface area (Å²) in [6, 6.07) is 5.01. The molecule has 0 aromatic heterocycles. The molecule has 0 amide bonds. The minimum absolute atomic E-state index is 0.0930. The van der Waals surface area contributed by atoms with E-state index in [-0.39, 0.29) is 23.9 Å². The van der Waals surface area contributed by atoms with Gasteiger partial charge in [-0.25, -0.2) is 0 Å². The Morgan fingerprint density at radius 3 is 2.56 bits per heavy atom. The summed E-state index contributed by atoms with van der Waals surface area (Å²) in [5.41, 5.74) is -1.51. The number of hydrogen-bond donors (Lipinski definition) is 1. The zero-order chi connectivity index (χ0) is 20.2. The van der Waals surface area contributed by atoms with E-state index in [2.05, 4.69) is 5.16 Å². The zero-order valence-electron chi connectivity index (χ0n) is 13.7. The molecule has 0 atom stereocenters. The monoisotopic (exact) mass is 496 g/mol. The first-order chi connectivity index (χ1) is 12.7. The second-order valence-electron chi connectivity index (χ2n) is 5.05. The van der Waals surface area contributed by atoms with Gasteiger partial charge in [0.25, 0.3) is 0 Å². The Bertz CT molecular complexity index is 887. The molecule has 0 aliphatic rings. The maximum absolute atomic E-state index is 12.8. The molecule has 0 radical (unpaired) electrons. The summed E-state index contributed by atoms with van der Waals surface area (Å²) in [4.78, 5) is 10.3. The lowest BCUT2D eigenvalue weighted by Crippen LogP contribution is -2.06. The first kappa shape index (κ1) is 20.7. The molecule has 0 saturated heterocycles. The van der Waals surface area contributed by atoms with Crippen LogP contribution in [-0.2, 0) is 6.18 Å². The van der Waals surface area contributed by atoms with Crippen LogP contribution in [0.1, 0.15) is 18.1 Å². The van der Waals surface area contributed by atoms with Gasteiger partial charge >= 0.3 is 11.9 Å². The average Bonchev–Trinajstić information content (AvgIpc) is 2.57. The number of alkyl halides is 3. The van der Waals surface area contributed by atoms with Crippen molar-refractivity contribution < 1.29 is 32.8 Å². The highest BCUT2D eigenvalue weighted by Gasteiger charge is 2.33. The van der Waals surface area contributed by atoms with Gasteiger partial charge < -0.3 is 14.7 Å². The topological polar surface area (TPSA) is 94.2 Å². The predicted octanol–water partition coefficient (Wildman–Crippen LogP) is 5.22. The molecule has 11 heteroatoms. The van der Waals surface area contributed by atoms with Crippen LogP contribution in [0.25, 0.3) is 0 Å². The van der Waals surface area contributed by atoms with Gasteiger partial charge in [-0.1, -0.05) is 5.16 Å². The van der Waals surface area contributed by atoms with Crippen molar-refractivity contribution in [2.45, 2.75) is 13.1 Å². The summed E-state index contributed by atoms with van der Waals surface area (Å²) >= 11 is 1.87. The highest BCUT2D eigenvalue weighted by Crippen LogP contribution is 2.42. The first-order valence-electron chi connectivity index (χ1n) is 7.34. The van der Waals surface area contributed by atoms with E-state index in [4.69, 9.17) is 14.7 Å². The number of halogens is 4. The average molecular weight is 496 g/mol. The lowest BCUT2D eigenvalue weighted by atomic mass is 10.1. The largest absolute Gasteiger partial charge is 0.490 e. The maximum atomic E-state index is 12.8. The van der Waals surface area contributed by atoms with E-state index < -0.39 is 22.4 Å². The number of rotatable bonds is 6. The lowest BCUT2D eigenvalue weighted by molar-refractivity contribution is -0.385. The Morgan fingerprint density at radius 1 is 1.30 bits per heavy atom. The van der Waals surface area contributed by atoms with Crippen molar-refractivity contribution in [1.29, 1.82) is 0 Å². The van der Waals surface area contributed by atoms with Crippen molar-refractivity contribution in [1.82, 2.24) is 0 Å². The molecule has 0 heterocycles. The van der Waals surface area contributed by atoms with Gasteiger partial charge in [0.2, 0.25) is 5.75 Å². The fourth-order valence-electron chi connectivity index (χ4n) is 2.12. The van der Waals surface area contributed by atoms with Crippen molar-refractivity contribution in [2.75, 3.05) is 6.61 Å². The highest BCUT2D eigenvalue weighted by atomic mass is 127. The van der Waals surface area contributed by atoms with Crippen molar-refractivity contribution in [3.63, 3.8) is 0 Å². The van der Waals surface area contributed by atoms with Crippen molar-refractivity contribution in [2.24, 2.45) is 5.16 Å². The first-order valence-corrected chi connectivity index (χ1v) is 8.42. The van der Waals surface area contributed by atoms with Gasteiger partial charge in [-0.2, -0.15) is 13.2 Å². The van der Waals surface area contributed by atoms with Crippen LogP contribution in [0, 0.1) is 13.7 Å². The van der Waals surface area contributed by atoms with Crippen LogP contribution in [-0.4, -0.2) is 23.0 Å². The van der Waals surface area contributed by atoms with Crippen LogP contribution in [0.4, 0.5) is 18.9 Å². The third-order valence-corrected chi connectivity index (χ3v) is 4.03. The predicted molar refractivity (Wildman–Crippen MR) is 97.9 cm³/mol. The standard InChI is InChI=1S/C16H12F3IN2O5/c1-2-26-14-6-9(8-21-23)5-11(20)15(14)27-13-4-3-10(16(17,18)19)7-12(13)22(24)25/h3-8,23H,2H2,1H3/b21-8-. The van der Waals surface area contributed by atoms with Crippen molar-refractivity contribution in [3.05, 3.63) is 55.1 Å². The van der Waals surface area contributed by atoms with Crippen LogP contribution in [0.15, 0.2) is 35.5 Å². The molecule has 0 aliphatic heterocycles. The SMILES string of the molecule is CCOc1cc(/C=N\O)cc(I)c1Oc1ccc(C(F)(F)F)cc1[N+](=O)[O-]. The van der Waals surface area contributed by atoms with Gasteiger partial charge in [-0.05, 0) is 53.8 Å². The molecule has 27 heavy (non-hydrogen) atoms. The Labute approximate surface area is 164 Å². The van der Waals surface area contributed by atoms with E-state index in [1.807, 2.05) is 22.6 Å². The molecule has 1 N–H and O–H groups in total. The van der Waals surface area contributed by atoms with E-state index in [1.54, 1.807) is 13.0 Å². The smallest absolute Gasteiger partial charge is 0.416 e. The molecule has 0 bridgehead atoms. The molecule has 144 valence electrons. The van der Waals surface area contributed by atoms with Crippen LogP contribution in [0.5, 0.6) is 17.2 Å². The van der Waals surface area contributed by atoms with Crippen molar-refractivity contribution in [3.8, 4) is 17.2 Å². The van der Waals surface area contributed by atoms with Crippen LogP contribution < -0.4 is 9.47 Å². The number of nitro benzene ring substituents is 1. The molecule has 0 spiro atoms. The number of nitro groups is 1. The number of benzene rings is 2. The third kappa shape index (κ3) is 4.99. The van der Waals surface area contributed by atoms with E-state index in [1.165, 1.54) is 6.07 Å². The van der Waals surface area contributed by atoms with Gasteiger partial charge in [0, 0.05) is 11.6 Å². The molecule has 2 aromatic carbocycles. The zero-order valence-corrected chi connectivity index (χ0v) is 15.8. The summed E-state index contributed by atoms with van der Waals surface area (Å²) in [6.45, 7) is 1.94. The Kier molecular flexibility index (Phi) is 6.46. The fourth-order valence-corrected chi connectivity index (χ4v) is 2.86. The second-order valence-corrected chi connectivity index (χ2v) is 6.21. The summed E-state index contributed by atoms with van der Waals surface area (Å²) < 4.78 is 49.9. The van der Waals surface area contributed by atoms with Crippen LogP contribution >= 0.6 is 22.6 Å². The van der Waals surface area contributed by atoms with E-state index in [0.29, 0.717) is 21.3 Å². The molecule has 2 aromatic rings. The van der Waals surface area contributed by atoms with Gasteiger partial charge in [0.05, 0.1) is 26.9 Å². The quantitative estimate of drug-likeness (QED) is 0.195. The van der Waals surface area contributed by atoms with E-state index >= 15 is 0 Å². The van der Waals surface area contributed by atoms with E-state index in [9.17, 15) is 23.3 Å². The minimum atomic E-state index is -4.72. The van der Waals surface area contributed by atoms with Crippen LogP contribution in [0.3, 0.4) is 0 Å². The minimum Gasteiger partial charge on any atom is -0.490 e. The van der Waals surface area contributed by atoms with Crippen LogP contribution in [0.2, 0.25) is 0 Å². The normalized spacial score (nSPS) is 11.6. The van der Waals surface area contributed by atoms with Gasteiger partial charge in [0.15, 0.2) is 11.5 Å². The Hall–Kier alpha value is -2.57. The summed E-state index contributed by atoms with van der Waals surface area (Å²) in [7, 11) is 0. The maximum Gasteiger partial charge on any atom is 0.416 e. The molecule has 7 nitrogen and oxygen atoms in total. The van der Waals surface area contributed by atoms with Gasteiger partial charge in [-0.15, -0.1) is 0 Å². The molecule has 2 rings (SSSR count). The molecular formula is C16H12F3IN2O5. The number of oxime groups is 1.